The summed E-state index contributed by atoms with van der Waals surface area (Å²) in [4.78, 5) is 10.6. The van der Waals surface area contributed by atoms with Gasteiger partial charge in [-0.25, -0.2) is 0 Å². The van der Waals surface area contributed by atoms with Gasteiger partial charge in [0.15, 0.2) is 0 Å². The summed E-state index contributed by atoms with van der Waals surface area (Å²) in [6.45, 7) is 4.87. The summed E-state index contributed by atoms with van der Waals surface area (Å²) in [7, 11) is 0. The Balaban J connectivity index is 2.11. The molecule has 0 radical (unpaired) electrons. The van der Waals surface area contributed by atoms with Crippen molar-refractivity contribution in [3.05, 3.63) is 0 Å². The van der Waals surface area contributed by atoms with E-state index in [2.05, 4.69) is 12.2 Å². The van der Waals surface area contributed by atoms with Gasteiger partial charge >= 0.3 is 0 Å². The monoisotopic (exact) mass is 200 g/mol. The molecule has 0 aliphatic carbocycles. The lowest BCUT2D eigenvalue weighted by atomic mass is 10.2. The molecule has 0 spiro atoms. The molecule has 0 aromatic carbocycles. The molecule has 1 aliphatic heterocycles. The molecular formula is C10H20N2O2. The van der Waals surface area contributed by atoms with Crippen molar-refractivity contribution in [2.24, 2.45) is 5.73 Å². The van der Waals surface area contributed by atoms with E-state index in [4.69, 9.17) is 10.5 Å². The highest BCUT2D eigenvalue weighted by atomic mass is 16.5. The van der Waals surface area contributed by atoms with Crippen molar-refractivity contribution in [3.8, 4) is 0 Å². The first-order valence-electron chi connectivity index (χ1n) is 5.25. The van der Waals surface area contributed by atoms with Crippen molar-refractivity contribution in [1.82, 2.24) is 5.32 Å². The minimum absolute atomic E-state index is 0.145. The maximum atomic E-state index is 10.6. The number of nitrogens with two attached hydrogens (primary N) is 1. The van der Waals surface area contributed by atoms with E-state index in [1.165, 1.54) is 0 Å². The second-order valence-corrected chi connectivity index (χ2v) is 4.13. The molecule has 0 saturated carbocycles. The Morgan fingerprint density at radius 1 is 1.64 bits per heavy atom. The van der Waals surface area contributed by atoms with Crippen molar-refractivity contribution >= 4 is 5.91 Å². The summed E-state index contributed by atoms with van der Waals surface area (Å²) >= 11 is 0. The van der Waals surface area contributed by atoms with Crippen LogP contribution in [0.4, 0.5) is 0 Å². The Hall–Kier alpha value is -0.610. The van der Waals surface area contributed by atoms with Gasteiger partial charge in [0.1, 0.15) is 0 Å². The highest BCUT2D eigenvalue weighted by Gasteiger charge is 2.21. The first kappa shape index (κ1) is 11.5. The van der Waals surface area contributed by atoms with E-state index in [9.17, 15) is 4.79 Å². The van der Waals surface area contributed by atoms with E-state index in [0.717, 1.165) is 19.4 Å². The van der Waals surface area contributed by atoms with Gasteiger partial charge in [0.2, 0.25) is 5.91 Å². The van der Waals surface area contributed by atoms with E-state index >= 15 is 0 Å². The predicted octanol–water partition coefficient (Wildman–Crippen LogP) is 0.407. The number of hydrogen-bond acceptors (Lipinski definition) is 3. The van der Waals surface area contributed by atoms with Crippen LogP contribution < -0.4 is 11.1 Å². The van der Waals surface area contributed by atoms with E-state index in [1.54, 1.807) is 0 Å². The van der Waals surface area contributed by atoms with Gasteiger partial charge in [-0.15, -0.1) is 0 Å². The summed E-state index contributed by atoms with van der Waals surface area (Å²) in [6.07, 6.45) is 3.32. The Labute approximate surface area is 85.2 Å². The number of hydrogen-bond donors (Lipinski definition) is 2. The lowest BCUT2D eigenvalue weighted by Crippen LogP contribution is -2.36. The topological polar surface area (TPSA) is 64.4 Å². The smallest absolute Gasteiger partial charge is 0.218 e. The summed E-state index contributed by atoms with van der Waals surface area (Å²) in [5, 5.41) is 3.25. The van der Waals surface area contributed by atoms with Gasteiger partial charge in [0.25, 0.3) is 0 Å². The Kier molecular flexibility index (Phi) is 4.35. The highest BCUT2D eigenvalue weighted by Crippen LogP contribution is 2.18. The molecule has 0 aromatic heterocycles. The van der Waals surface area contributed by atoms with E-state index < -0.39 is 0 Å². The van der Waals surface area contributed by atoms with Crippen LogP contribution in [-0.4, -0.2) is 30.7 Å². The molecule has 1 heterocycles. The second-order valence-electron chi connectivity index (χ2n) is 4.13. The van der Waals surface area contributed by atoms with Crippen LogP contribution in [0.15, 0.2) is 0 Å². The van der Waals surface area contributed by atoms with Gasteiger partial charge in [-0.2, -0.15) is 0 Å². The van der Waals surface area contributed by atoms with Crippen LogP contribution in [0.5, 0.6) is 0 Å². The van der Waals surface area contributed by atoms with Crippen molar-refractivity contribution in [2.45, 2.75) is 51.4 Å². The first-order valence-corrected chi connectivity index (χ1v) is 5.25. The number of carbonyl (C=O) groups excluding carboxylic acids is 1. The number of rotatable bonds is 5. The number of nitrogens with one attached hydrogen (secondary N) is 1. The highest BCUT2D eigenvalue weighted by molar-refractivity contribution is 5.74. The van der Waals surface area contributed by atoms with Gasteiger partial charge in [-0.3, -0.25) is 4.79 Å². The Bertz CT molecular complexity index is 197. The zero-order valence-corrected chi connectivity index (χ0v) is 8.95. The fourth-order valence-corrected chi connectivity index (χ4v) is 1.74. The molecule has 82 valence electrons. The van der Waals surface area contributed by atoms with Crippen LogP contribution in [0.25, 0.3) is 0 Å². The maximum absolute atomic E-state index is 10.6. The molecule has 1 saturated heterocycles. The molecule has 3 atom stereocenters. The van der Waals surface area contributed by atoms with Gasteiger partial charge in [0.05, 0.1) is 12.2 Å². The molecule has 1 aliphatic rings. The molecule has 1 fully saturated rings. The largest absolute Gasteiger partial charge is 0.374 e. The fraction of sp³-hybridized carbons (Fsp3) is 0.900. The lowest BCUT2D eigenvalue weighted by molar-refractivity contribution is -0.118. The molecule has 3 unspecified atom stereocenters. The number of primary amides is 1. The zero-order chi connectivity index (χ0) is 10.6. The van der Waals surface area contributed by atoms with Crippen LogP contribution in [0.2, 0.25) is 0 Å². The molecule has 1 amide bonds. The minimum atomic E-state index is -0.259. The van der Waals surface area contributed by atoms with Gasteiger partial charge in [-0.1, -0.05) is 0 Å². The lowest BCUT2D eigenvalue weighted by Gasteiger charge is -2.16. The summed E-state index contributed by atoms with van der Waals surface area (Å²) in [6, 6.07) is 0.145. The second kappa shape index (κ2) is 5.32. The van der Waals surface area contributed by atoms with Crippen molar-refractivity contribution < 1.29 is 9.53 Å². The van der Waals surface area contributed by atoms with Crippen LogP contribution in [0, 0.1) is 0 Å². The van der Waals surface area contributed by atoms with Crippen LogP contribution in [0.1, 0.15) is 33.1 Å². The van der Waals surface area contributed by atoms with Crippen LogP contribution in [0.3, 0.4) is 0 Å². The maximum Gasteiger partial charge on any atom is 0.218 e. The molecule has 4 heteroatoms. The fourth-order valence-electron chi connectivity index (χ4n) is 1.74. The molecule has 0 bridgehead atoms. The Morgan fingerprint density at radius 2 is 2.36 bits per heavy atom. The van der Waals surface area contributed by atoms with E-state index in [0.29, 0.717) is 18.6 Å². The molecule has 4 nitrogen and oxygen atoms in total. The number of carbonyl (C=O) groups is 1. The number of amides is 1. The summed E-state index contributed by atoms with van der Waals surface area (Å²) in [5.74, 6) is -0.259. The van der Waals surface area contributed by atoms with E-state index in [-0.39, 0.29) is 11.9 Å². The summed E-state index contributed by atoms with van der Waals surface area (Å²) < 4.78 is 5.64. The van der Waals surface area contributed by atoms with Crippen molar-refractivity contribution in [2.75, 3.05) is 6.54 Å². The van der Waals surface area contributed by atoms with E-state index in [1.807, 2.05) is 6.92 Å². The molecule has 0 aromatic rings. The minimum Gasteiger partial charge on any atom is -0.374 e. The molecule has 14 heavy (non-hydrogen) atoms. The summed E-state index contributed by atoms with van der Waals surface area (Å²) in [5.41, 5.74) is 5.09. The van der Waals surface area contributed by atoms with Gasteiger partial charge in [0, 0.05) is 19.0 Å². The molecular weight excluding hydrogens is 180 g/mol. The standard InChI is InChI=1S/C10H20N2O2/c1-7(5-10(11)13)12-6-9-4-3-8(2)14-9/h7-9,12H,3-6H2,1-2H3,(H2,11,13). The SMILES string of the molecule is CC(CC(N)=O)NCC1CCC(C)O1. The van der Waals surface area contributed by atoms with Gasteiger partial charge in [-0.05, 0) is 26.7 Å². The van der Waals surface area contributed by atoms with Crippen molar-refractivity contribution in [1.29, 1.82) is 0 Å². The predicted molar refractivity (Wildman–Crippen MR) is 54.8 cm³/mol. The van der Waals surface area contributed by atoms with Crippen molar-refractivity contribution in [3.63, 3.8) is 0 Å². The number of ether oxygens (including phenoxy) is 1. The third kappa shape index (κ3) is 4.07. The van der Waals surface area contributed by atoms with Crippen LogP contribution in [-0.2, 0) is 9.53 Å². The average molecular weight is 200 g/mol. The third-order valence-electron chi connectivity index (χ3n) is 2.52. The Morgan fingerprint density at radius 3 is 2.86 bits per heavy atom. The average Bonchev–Trinajstić information content (AvgIpc) is 2.47. The quantitative estimate of drug-likeness (QED) is 0.675. The first-order chi connectivity index (χ1) is 6.58. The molecule has 3 N–H and O–H groups in total. The molecule has 1 rings (SSSR count). The normalized spacial score (nSPS) is 29.0. The third-order valence-corrected chi connectivity index (χ3v) is 2.52. The zero-order valence-electron chi connectivity index (χ0n) is 8.95. The van der Waals surface area contributed by atoms with Crippen LogP contribution >= 0.6 is 0 Å². The van der Waals surface area contributed by atoms with Gasteiger partial charge < -0.3 is 15.8 Å².